The molecule has 0 unspecified atom stereocenters. The second-order valence-corrected chi connectivity index (χ2v) is 13.1. The van der Waals surface area contributed by atoms with Gasteiger partial charge in [-0.2, -0.15) is 0 Å². The van der Waals surface area contributed by atoms with Crippen LogP contribution in [0, 0.1) is 0 Å². The molecule has 9 nitrogen and oxygen atoms in total. The summed E-state index contributed by atoms with van der Waals surface area (Å²) >= 11 is 0. The SMILES string of the molecule is C[C@@H](c1ccccc1)N(C)C[C@@H]1C[C@H](c2ccc(CO)cc2)O[C@H](c2ccc(-c3cccc(CNC(=O)CCCCCC(=O)NO)c3)cc2)O1. The largest absolute Gasteiger partial charge is 0.392 e. The Morgan fingerprint density at radius 3 is 2.20 bits per heavy atom. The number of hydrogen-bond acceptors (Lipinski definition) is 7. The Labute approximate surface area is 295 Å². The first-order valence-electron chi connectivity index (χ1n) is 17.5. The topological polar surface area (TPSA) is 120 Å². The van der Waals surface area contributed by atoms with E-state index in [9.17, 15) is 14.7 Å². The number of ether oxygens (including phenoxy) is 2. The number of aliphatic hydroxyl groups is 1. The highest BCUT2D eigenvalue weighted by atomic mass is 16.7. The molecule has 1 aliphatic rings. The lowest BCUT2D eigenvalue weighted by atomic mass is 9.98. The zero-order valence-corrected chi connectivity index (χ0v) is 29.0. The van der Waals surface area contributed by atoms with E-state index in [1.54, 1.807) is 5.48 Å². The summed E-state index contributed by atoms with van der Waals surface area (Å²) < 4.78 is 13.2. The van der Waals surface area contributed by atoms with Gasteiger partial charge < -0.3 is 19.9 Å². The number of nitrogens with zero attached hydrogens (tertiary/aromatic N) is 1. The Morgan fingerprint density at radius 1 is 0.800 bits per heavy atom. The van der Waals surface area contributed by atoms with E-state index in [0.717, 1.165) is 46.3 Å². The molecule has 4 atom stereocenters. The normalized spacial score (nSPS) is 18.1. The molecule has 50 heavy (non-hydrogen) atoms. The zero-order valence-electron chi connectivity index (χ0n) is 29.0. The van der Waals surface area contributed by atoms with Crippen molar-refractivity contribution in [1.82, 2.24) is 15.7 Å². The molecule has 0 bridgehead atoms. The van der Waals surface area contributed by atoms with Gasteiger partial charge in [0, 0.05) is 44.0 Å². The van der Waals surface area contributed by atoms with Crippen molar-refractivity contribution in [3.05, 3.63) is 131 Å². The summed E-state index contributed by atoms with van der Waals surface area (Å²) in [7, 11) is 2.13. The molecule has 4 aromatic carbocycles. The van der Waals surface area contributed by atoms with Crippen molar-refractivity contribution in [3.8, 4) is 11.1 Å². The summed E-state index contributed by atoms with van der Waals surface area (Å²) in [4.78, 5) is 25.8. The summed E-state index contributed by atoms with van der Waals surface area (Å²) in [6.45, 7) is 3.39. The first-order valence-corrected chi connectivity index (χ1v) is 17.5. The number of hydrogen-bond donors (Lipinski definition) is 4. The van der Waals surface area contributed by atoms with E-state index in [-0.39, 0.29) is 37.2 Å². The van der Waals surface area contributed by atoms with Gasteiger partial charge >= 0.3 is 0 Å². The predicted molar refractivity (Wildman–Crippen MR) is 193 cm³/mol. The number of carbonyl (C=O) groups excluding carboxylic acids is 2. The van der Waals surface area contributed by atoms with Crippen LogP contribution in [0.25, 0.3) is 11.1 Å². The van der Waals surface area contributed by atoms with Crippen LogP contribution in [-0.2, 0) is 32.2 Å². The van der Waals surface area contributed by atoms with Crippen molar-refractivity contribution in [2.75, 3.05) is 13.6 Å². The Hall–Kier alpha value is -4.38. The van der Waals surface area contributed by atoms with Crippen LogP contribution in [-0.4, -0.2) is 46.7 Å². The fraction of sp³-hybridized carbons (Fsp3) is 0.366. The first kappa shape index (κ1) is 36.9. The van der Waals surface area contributed by atoms with E-state index in [1.807, 2.05) is 42.5 Å². The summed E-state index contributed by atoms with van der Waals surface area (Å²) in [6.07, 6.45) is 2.65. The molecule has 4 aromatic rings. The standard InChI is InChI=1S/C41H49N3O6/c1-29(32-11-5-3-6-12-32)44(2)27-37-25-38(34-18-16-30(28-45)17-19-34)50-41(49-37)35-22-20-33(21-23-35)36-13-9-10-31(24-36)26-42-39(46)14-7-4-8-15-40(47)43-48/h3,5-6,9-13,16-24,29,37-38,41,45,48H,4,7-8,14-15,25-28H2,1-2H3,(H,42,46)(H,43,47)/t29-,37-,38+,41+/m0/s1. The average Bonchev–Trinajstić information content (AvgIpc) is 3.17. The van der Waals surface area contributed by atoms with Gasteiger partial charge in [-0.15, -0.1) is 0 Å². The number of likely N-dealkylation sites (N-methyl/N-ethyl adjacent to an activating group) is 1. The van der Waals surface area contributed by atoms with Crippen molar-refractivity contribution in [2.45, 2.75) is 83.1 Å². The number of hydroxylamine groups is 1. The third kappa shape index (κ3) is 10.6. The summed E-state index contributed by atoms with van der Waals surface area (Å²) in [5, 5.41) is 21.1. The Bertz CT molecular complexity index is 1650. The van der Waals surface area contributed by atoms with Crippen LogP contribution in [0.15, 0.2) is 103 Å². The number of amides is 2. The monoisotopic (exact) mass is 679 g/mol. The van der Waals surface area contributed by atoms with Crippen molar-refractivity contribution < 1.29 is 29.4 Å². The Balaban J connectivity index is 1.22. The number of rotatable bonds is 16. The fourth-order valence-electron chi connectivity index (χ4n) is 6.28. The maximum absolute atomic E-state index is 12.4. The predicted octanol–water partition coefficient (Wildman–Crippen LogP) is 7.16. The lowest BCUT2D eigenvalue weighted by Crippen LogP contribution is -2.38. The van der Waals surface area contributed by atoms with Gasteiger partial charge in [0.2, 0.25) is 11.8 Å². The molecule has 0 radical (unpaired) electrons. The highest BCUT2D eigenvalue weighted by molar-refractivity contribution is 5.76. The third-order valence-corrected chi connectivity index (χ3v) is 9.41. The fourth-order valence-corrected chi connectivity index (χ4v) is 6.28. The highest BCUT2D eigenvalue weighted by Gasteiger charge is 2.33. The average molecular weight is 680 g/mol. The third-order valence-electron chi connectivity index (χ3n) is 9.41. The van der Waals surface area contributed by atoms with Crippen LogP contribution in [0.1, 0.15) is 91.7 Å². The van der Waals surface area contributed by atoms with Crippen LogP contribution in [0.5, 0.6) is 0 Å². The van der Waals surface area contributed by atoms with Crippen LogP contribution >= 0.6 is 0 Å². The minimum absolute atomic E-state index is 0.00272. The molecule has 0 spiro atoms. The quantitative estimate of drug-likeness (QED) is 0.0564. The van der Waals surface area contributed by atoms with Crippen LogP contribution < -0.4 is 10.8 Å². The number of nitrogens with one attached hydrogen (secondary N) is 2. The molecule has 9 heteroatoms. The van der Waals surface area contributed by atoms with E-state index in [4.69, 9.17) is 14.7 Å². The van der Waals surface area contributed by atoms with E-state index in [1.165, 1.54) is 5.56 Å². The maximum Gasteiger partial charge on any atom is 0.243 e. The zero-order chi connectivity index (χ0) is 35.3. The van der Waals surface area contributed by atoms with Gasteiger partial charge in [-0.25, -0.2) is 5.48 Å². The van der Waals surface area contributed by atoms with Crippen molar-refractivity contribution in [3.63, 3.8) is 0 Å². The molecule has 2 amide bonds. The summed E-state index contributed by atoms with van der Waals surface area (Å²) in [5.74, 6) is -0.433. The van der Waals surface area contributed by atoms with Gasteiger partial charge in [0.25, 0.3) is 0 Å². The lowest BCUT2D eigenvalue weighted by Gasteiger charge is -2.39. The molecule has 1 saturated heterocycles. The van der Waals surface area contributed by atoms with Crippen molar-refractivity contribution in [1.29, 1.82) is 0 Å². The number of aliphatic hydroxyl groups excluding tert-OH is 1. The van der Waals surface area contributed by atoms with E-state index < -0.39 is 12.2 Å². The number of unbranched alkanes of at least 4 members (excludes halogenated alkanes) is 2. The van der Waals surface area contributed by atoms with Gasteiger partial charge in [-0.1, -0.05) is 103 Å². The van der Waals surface area contributed by atoms with Gasteiger partial charge in [0.1, 0.15) is 0 Å². The second kappa shape index (κ2) is 18.6. The van der Waals surface area contributed by atoms with Crippen LogP contribution in [0.4, 0.5) is 0 Å². The second-order valence-electron chi connectivity index (χ2n) is 13.1. The molecule has 1 fully saturated rings. The van der Waals surface area contributed by atoms with E-state index >= 15 is 0 Å². The number of benzene rings is 4. The molecular weight excluding hydrogens is 630 g/mol. The molecule has 1 heterocycles. The van der Waals surface area contributed by atoms with Crippen molar-refractivity contribution in [2.24, 2.45) is 0 Å². The minimum Gasteiger partial charge on any atom is -0.392 e. The minimum atomic E-state index is -0.542. The highest BCUT2D eigenvalue weighted by Crippen LogP contribution is 2.39. The molecule has 5 rings (SSSR count). The summed E-state index contributed by atoms with van der Waals surface area (Å²) in [6, 6.07) is 35.1. The molecule has 4 N–H and O–H groups in total. The van der Waals surface area contributed by atoms with Crippen molar-refractivity contribution >= 4 is 11.8 Å². The molecule has 0 saturated carbocycles. The molecule has 0 aliphatic carbocycles. The molecule has 1 aliphatic heterocycles. The Kier molecular flexibility index (Phi) is 13.7. The van der Waals surface area contributed by atoms with Gasteiger partial charge in [0.05, 0.1) is 18.8 Å². The van der Waals surface area contributed by atoms with Gasteiger partial charge in [-0.05, 0) is 66.3 Å². The van der Waals surface area contributed by atoms with E-state index in [0.29, 0.717) is 32.2 Å². The maximum atomic E-state index is 12.4. The van der Waals surface area contributed by atoms with Gasteiger partial charge in [0.15, 0.2) is 6.29 Å². The lowest BCUT2D eigenvalue weighted by molar-refractivity contribution is -0.253. The molecular formula is C41H49N3O6. The molecule has 264 valence electrons. The number of carbonyl (C=O) groups is 2. The van der Waals surface area contributed by atoms with Crippen LogP contribution in [0.2, 0.25) is 0 Å². The Morgan fingerprint density at radius 2 is 1.50 bits per heavy atom. The van der Waals surface area contributed by atoms with E-state index in [2.05, 4.69) is 84.9 Å². The first-order chi connectivity index (χ1) is 24.3. The van der Waals surface area contributed by atoms with Crippen LogP contribution in [0.3, 0.4) is 0 Å². The summed E-state index contributed by atoms with van der Waals surface area (Å²) in [5.41, 5.74) is 8.86. The smallest absolute Gasteiger partial charge is 0.243 e. The molecule has 0 aromatic heterocycles. The van der Waals surface area contributed by atoms with Gasteiger partial charge in [-0.3, -0.25) is 19.7 Å².